The number of rotatable bonds is 8. The van der Waals surface area contributed by atoms with Crippen LogP contribution in [0.1, 0.15) is 20.8 Å². The standard InChI is InChI=1S/C16H26N2O3/c1-5-20-13-6-8-14(9-7-13)21-10-15(19)18(4)12-16(2,3)11-17/h6-9H,5,10-12,17H2,1-4H3. The molecule has 5 heteroatoms. The van der Waals surface area contributed by atoms with Gasteiger partial charge in [0.25, 0.3) is 5.91 Å². The fraction of sp³-hybridized carbons (Fsp3) is 0.562. The van der Waals surface area contributed by atoms with Crippen molar-refractivity contribution in [1.82, 2.24) is 4.90 Å². The molecular formula is C16H26N2O3. The highest BCUT2D eigenvalue weighted by molar-refractivity contribution is 5.77. The highest BCUT2D eigenvalue weighted by Crippen LogP contribution is 2.18. The van der Waals surface area contributed by atoms with E-state index in [-0.39, 0.29) is 17.9 Å². The lowest BCUT2D eigenvalue weighted by Gasteiger charge is -2.29. The number of nitrogens with zero attached hydrogens (tertiary/aromatic N) is 1. The summed E-state index contributed by atoms with van der Waals surface area (Å²) >= 11 is 0. The fourth-order valence-corrected chi connectivity index (χ4v) is 1.85. The molecule has 1 rings (SSSR count). The van der Waals surface area contributed by atoms with Gasteiger partial charge in [-0.2, -0.15) is 0 Å². The lowest BCUT2D eigenvalue weighted by molar-refractivity contribution is -0.133. The first-order valence-electron chi connectivity index (χ1n) is 7.17. The molecule has 0 saturated carbocycles. The topological polar surface area (TPSA) is 64.8 Å². The highest BCUT2D eigenvalue weighted by Gasteiger charge is 2.21. The molecule has 118 valence electrons. The predicted molar refractivity (Wildman–Crippen MR) is 83.6 cm³/mol. The summed E-state index contributed by atoms with van der Waals surface area (Å²) in [6.07, 6.45) is 0. The Morgan fingerprint density at radius 3 is 2.19 bits per heavy atom. The Morgan fingerprint density at radius 1 is 1.19 bits per heavy atom. The van der Waals surface area contributed by atoms with Gasteiger partial charge < -0.3 is 20.1 Å². The van der Waals surface area contributed by atoms with Crippen molar-refractivity contribution in [2.24, 2.45) is 11.1 Å². The number of ether oxygens (including phenoxy) is 2. The van der Waals surface area contributed by atoms with Crippen LogP contribution in [0.3, 0.4) is 0 Å². The Bertz CT molecular complexity index is 443. The summed E-state index contributed by atoms with van der Waals surface area (Å²) in [4.78, 5) is 13.7. The zero-order valence-electron chi connectivity index (χ0n) is 13.4. The van der Waals surface area contributed by atoms with E-state index < -0.39 is 0 Å². The molecule has 0 atom stereocenters. The molecule has 2 N–H and O–H groups in total. The van der Waals surface area contributed by atoms with Crippen molar-refractivity contribution in [1.29, 1.82) is 0 Å². The molecule has 0 heterocycles. The van der Waals surface area contributed by atoms with Gasteiger partial charge in [-0.15, -0.1) is 0 Å². The number of benzene rings is 1. The molecule has 0 saturated heterocycles. The predicted octanol–water partition coefficient (Wildman–Crippen LogP) is 1.91. The number of hydrogen-bond acceptors (Lipinski definition) is 4. The zero-order chi connectivity index (χ0) is 15.9. The van der Waals surface area contributed by atoms with Crippen LogP contribution in [-0.4, -0.2) is 44.2 Å². The van der Waals surface area contributed by atoms with Crippen molar-refractivity contribution in [3.63, 3.8) is 0 Å². The Balaban J connectivity index is 2.45. The quantitative estimate of drug-likeness (QED) is 0.795. The number of carbonyl (C=O) groups excluding carboxylic acids is 1. The SMILES string of the molecule is CCOc1ccc(OCC(=O)N(C)CC(C)(C)CN)cc1. The lowest BCUT2D eigenvalue weighted by atomic mass is 9.93. The van der Waals surface area contributed by atoms with Gasteiger partial charge in [0.15, 0.2) is 6.61 Å². The first-order chi connectivity index (χ1) is 9.88. The van der Waals surface area contributed by atoms with Crippen LogP contribution in [0.25, 0.3) is 0 Å². The van der Waals surface area contributed by atoms with Crippen molar-refractivity contribution < 1.29 is 14.3 Å². The zero-order valence-corrected chi connectivity index (χ0v) is 13.4. The third-order valence-electron chi connectivity index (χ3n) is 3.14. The van der Waals surface area contributed by atoms with Crippen molar-refractivity contribution in [2.75, 3.05) is 33.4 Å². The molecule has 0 aliphatic carbocycles. The van der Waals surface area contributed by atoms with Gasteiger partial charge in [-0.3, -0.25) is 4.79 Å². The summed E-state index contributed by atoms with van der Waals surface area (Å²) in [6, 6.07) is 7.24. The molecule has 0 aromatic heterocycles. The monoisotopic (exact) mass is 294 g/mol. The molecule has 1 amide bonds. The Labute approximate surface area is 127 Å². The summed E-state index contributed by atoms with van der Waals surface area (Å²) < 4.78 is 10.8. The summed E-state index contributed by atoms with van der Waals surface area (Å²) in [5, 5.41) is 0. The molecule has 0 bridgehead atoms. The molecule has 21 heavy (non-hydrogen) atoms. The minimum Gasteiger partial charge on any atom is -0.494 e. The van der Waals surface area contributed by atoms with E-state index in [9.17, 15) is 4.79 Å². The third kappa shape index (κ3) is 6.04. The third-order valence-corrected chi connectivity index (χ3v) is 3.14. The van der Waals surface area contributed by atoms with E-state index in [1.807, 2.05) is 32.9 Å². The van der Waals surface area contributed by atoms with Gasteiger partial charge in [0.05, 0.1) is 6.61 Å². The van der Waals surface area contributed by atoms with E-state index in [1.54, 1.807) is 24.1 Å². The number of nitrogens with two attached hydrogens (primary N) is 1. The molecule has 0 aliphatic rings. The van der Waals surface area contributed by atoms with Crippen LogP contribution in [0.5, 0.6) is 11.5 Å². The Hall–Kier alpha value is -1.75. The number of likely N-dealkylation sites (N-methyl/N-ethyl adjacent to an activating group) is 1. The van der Waals surface area contributed by atoms with Crippen LogP contribution < -0.4 is 15.2 Å². The Morgan fingerprint density at radius 2 is 1.71 bits per heavy atom. The summed E-state index contributed by atoms with van der Waals surface area (Å²) in [7, 11) is 1.77. The molecule has 0 aliphatic heterocycles. The average molecular weight is 294 g/mol. The van der Waals surface area contributed by atoms with Gasteiger partial charge in [0.2, 0.25) is 0 Å². The van der Waals surface area contributed by atoms with Gasteiger partial charge in [-0.25, -0.2) is 0 Å². The minimum absolute atomic E-state index is 0.0190. The molecule has 0 unspecified atom stereocenters. The first-order valence-corrected chi connectivity index (χ1v) is 7.17. The minimum atomic E-state index is -0.0937. The molecule has 0 spiro atoms. The maximum absolute atomic E-state index is 12.0. The normalized spacial score (nSPS) is 11.1. The second-order valence-electron chi connectivity index (χ2n) is 5.81. The number of amides is 1. The second kappa shape index (κ2) is 7.88. The lowest BCUT2D eigenvalue weighted by Crippen LogP contribution is -2.41. The van der Waals surface area contributed by atoms with Crippen LogP contribution in [0.2, 0.25) is 0 Å². The summed E-state index contributed by atoms with van der Waals surface area (Å²) in [5.41, 5.74) is 5.58. The number of carbonyl (C=O) groups is 1. The molecule has 1 aromatic carbocycles. The van der Waals surface area contributed by atoms with E-state index in [4.69, 9.17) is 15.2 Å². The van der Waals surface area contributed by atoms with Crippen molar-refractivity contribution >= 4 is 5.91 Å². The van der Waals surface area contributed by atoms with E-state index in [2.05, 4.69) is 0 Å². The molecule has 0 fully saturated rings. The maximum Gasteiger partial charge on any atom is 0.260 e. The summed E-state index contributed by atoms with van der Waals surface area (Å²) in [6.45, 7) is 7.78. The van der Waals surface area contributed by atoms with Crippen molar-refractivity contribution in [3.8, 4) is 11.5 Å². The van der Waals surface area contributed by atoms with Crippen LogP contribution in [0.4, 0.5) is 0 Å². The van der Waals surface area contributed by atoms with E-state index in [1.165, 1.54) is 0 Å². The van der Waals surface area contributed by atoms with Gasteiger partial charge in [-0.1, -0.05) is 13.8 Å². The summed E-state index contributed by atoms with van der Waals surface area (Å²) in [5.74, 6) is 1.38. The maximum atomic E-state index is 12.0. The van der Waals surface area contributed by atoms with Crippen LogP contribution in [-0.2, 0) is 4.79 Å². The average Bonchev–Trinajstić information content (AvgIpc) is 2.46. The van der Waals surface area contributed by atoms with Gasteiger partial charge in [0.1, 0.15) is 11.5 Å². The Kier molecular flexibility index (Phi) is 6.49. The van der Waals surface area contributed by atoms with E-state index in [0.29, 0.717) is 25.4 Å². The molecular weight excluding hydrogens is 268 g/mol. The van der Waals surface area contributed by atoms with E-state index in [0.717, 1.165) is 5.75 Å². The van der Waals surface area contributed by atoms with Crippen LogP contribution in [0, 0.1) is 5.41 Å². The van der Waals surface area contributed by atoms with Crippen molar-refractivity contribution in [3.05, 3.63) is 24.3 Å². The van der Waals surface area contributed by atoms with E-state index >= 15 is 0 Å². The molecule has 5 nitrogen and oxygen atoms in total. The van der Waals surface area contributed by atoms with Gasteiger partial charge in [0, 0.05) is 13.6 Å². The van der Waals surface area contributed by atoms with Crippen LogP contribution in [0.15, 0.2) is 24.3 Å². The smallest absolute Gasteiger partial charge is 0.260 e. The second-order valence-corrected chi connectivity index (χ2v) is 5.81. The highest BCUT2D eigenvalue weighted by atomic mass is 16.5. The number of hydrogen-bond donors (Lipinski definition) is 1. The first kappa shape index (κ1) is 17.3. The van der Waals surface area contributed by atoms with Crippen LogP contribution >= 0.6 is 0 Å². The molecule has 0 radical (unpaired) electrons. The van der Waals surface area contributed by atoms with Crippen molar-refractivity contribution in [2.45, 2.75) is 20.8 Å². The van der Waals surface area contributed by atoms with Gasteiger partial charge in [-0.05, 0) is 43.1 Å². The van der Waals surface area contributed by atoms with Gasteiger partial charge >= 0.3 is 0 Å². The largest absolute Gasteiger partial charge is 0.494 e. The molecule has 1 aromatic rings. The fourth-order valence-electron chi connectivity index (χ4n) is 1.85.